The Balaban J connectivity index is 1.92. The summed E-state index contributed by atoms with van der Waals surface area (Å²) in [7, 11) is 0. The number of unbranched alkanes of at least 4 members (excludes halogenated alkanes) is 12. The monoisotopic (exact) mass is 348 g/mol. The molecule has 0 fully saturated rings. The van der Waals surface area contributed by atoms with E-state index in [0.29, 0.717) is 12.2 Å². The van der Waals surface area contributed by atoms with Crippen LogP contribution in [0.1, 0.15) is 102 Å². The van der Waals surface area contributed by atoms with Gasteiger partial charge in [-0.1, -0.05) is 96.1 Å². The first-order valence-electron chi connectivity index (χ1n) is 10.7. The fourth-order valence-corrected chi connectivity index (χ4v) is 3.44. The van der Waals surface area contributed by atoms with Crippen LogP contribution in [0.2, 0.25) is 0 Å². The molecule has 0 heterocycles. The van der Waals surface area contributed by atoms with Gasteiger partial charge in [0.2, 0.25) is 0 Å². The van der Waals surface area contributed by atoms with Crippen LogP contribution < -0.4 is 0 Å². The molecule has 0 aliphatic rings. The molecular formula is C23H40O2. The van der Waals surface area contributed by atoms with Crippen molar-refractivity contribution in [1.29, 1.82) is 0 Å². The van der Waals surface area contributed by atoms with Gasteiger partial charge in [0.25, 0.3) is 0 Å². The van der Waals surface area contributed by atoms with Gasteiger partial charge in [-0.15, -0.1) is 0 Å². The SMILES string of the molecule is CCCCCCCCCCCCCCCc1ccc(CCO)c(O)c1. The van der Waals surface area contributed by atoms with E-state index in [1.165, 1.54) is 89.0 Å². The first-order chi connectivity index (χ1) is 12.3. The van der Waals surface area contributed by atoms with Gasteiger partial charge in [0.15, 0.2) is 0 Å². The highest BCUT2D eigenvalue weighted by Gasteiger charge is 2.02. The van der Waals surface area contributed by atoms with E-state index in [1.54, 1.807) is 0 Å². The lowest BCUT2D eigenvalue weighted by Crippen LogP contribution is -1.93. The van der Waals surface area contributed by atoms with E-state index < -0.39 is 0 Å². The van der Waals surface area contributed by atoms with Crippen molar-refractivity contribution in [3.8, 4) is 5.75 Å². The highest BCUT2D eigenvalue weighted by atomic mass is 16.3. The largest absolute Gasteiger partial charge is 0.508 e. The van der Waals surface area contributed by atoms with Gasteiger partial charge in [-0.3, -0.25) is 0 Å². The average molecular weight is 349 g/mol. The number of aliphatic hydroxyl groups is 1. The van der Waals surface area contributed by atoms with Crippen molar-refractivity contribution >= 4 is 0 Å². The van der Waals surface area contributed by atoms with Crippen LogP contribution >= 0.6 is 0 Å². The Bertz CT molecular complexity index is 428. The number of aromatic hydroxyl groups is 1. The number of hydrogen-bond acceptors (Lipinski definition) is 2. The summed E-state index contributed by atoms with van der Waals surface area (Å²) in [4.78, 5) is 0. The Morgan fingerprint density at radius 1 is 0.680 bits per heavy atom. The van der Waals surface area contributed by atoms with Crippen molar-refractivity contribution in [3.63, 3.8) is 0 Å². The van der Waals surface area contributed by atoms with Crippen molar-refractivity contribution < 1.29 is 10.2 Å². The van der Waals surface area contributed by atoms with Crippen molar-refractivity contribution in [2.75, 3.05) is 6.61 Å². The zero-order valence-electron chi connectivity index (χ0n) is 16.4. The molecule has 2 N–H and O–H groups in total. The summed E-state index contributed by atoms with van der Waals surface area (Å²) in [5.74, 6) is 0.334. The standard InChI is InChI=1S/C23H40O2/c1-2-3-4-5-6-7-8-9-10-11-12-13-14-15-21-16-17-22(18-19-24)23(25)20-21/h16-17,20,24-25H,2-15,18-19H2,1H3. The molecular weight excluding hydrogens is 308 g/mol. The Morgan fingerprint density at radius 3 is 1.68 bits per heavy atom. The Labute approximate surface area is 155 Å². The third-order valence-electron chi connectivity index (χ3n) is 5.10. The summed E-state index contributed by atoms with van der Waals surface area (Å²) < 4.78 is 0. The van der Waals surface area contributed by atoms with E-state index in [1.807, 2.05) is 12.1 Å². The number of benzene rings is 1. The second-order valence-corrected chi connectivity index (χ2v) is 7.43. The quantitative estimate of drug-likeness (QED) is 0.332. The van der Waals surface area contributed by atoms with Crippen molar-refractivity contribution in [2.45, 2.75) is 103 Å². The van der Waals surface area contributed by atoms with Gasteiger partial charge >= 0.3 is 0 Å². The van der Waals surface area contributed by atoms with Crippen LogP contribution in [0.5, 0.6) is 5.75 Å². The summed E-state index contributed by atoms with van der Waals surface area (Å²) >= 11 is 0. The van der Waals surface area contributed by atoms with Crippen LogP contribution in [0.15, 0.2) is 18.2 Å². The molecule has 0 spiro atoms. The Morgan fingerprint density at radius 2 is 1.20 bits per heavy atom. The molecule has 0 unspecified atom stereocenters. The predicted molar refractivity (Wildman–Crippen MR) is 108 cm³/mol. The molecule has 0 saturated carbocycles. The molecule has 0 saturated heterocycles. The van der Waals surface area contributed by atoms with Crippen LogP contribution in [-0.2, 0) is 12.8 Å². The molecule has 0 aliphatic carbocycles. The highest BCUT2D eigenvalue weighted by Crippen LogP contribution is 2.21. The highest BCUT2D eigenvalue weighted by molar-refractivity contribution is 5.36. The van der Waals surface area contributed by atoms with Gasteiger partial charge in [-0.2, -0.15) is 0 Å². The maximum atomic E-state index is 9.92. The zero-order chi connectivity index (χ0) is 18.2. The normalized spacial score (nSPS) is 11.1. The first-order valence-corrected chi connectivity index (χ1v) is 10.7. The average Bonchev–Trinajstić information content (AvgIpc) is 2.61. The van der Waals surface area contributed by atoms with E-state index >= 15 is 0 Å². The van der Waals surface area contributed by atoms with Crippen LogP contribution in [0, 0.1) is 0 Å². The maximum Gasteiger partial charge on any atom is 0.119 e. The minimum atomic E-state index is 0.0891. The lowest BCUT2D eigenvalue weighted by Gasteiger charge is -2.07. The maximum absolute atomic E-state index is 9.92. The van der Waals surface area contributed by atoms with Crippen LogP contribution in [0.4, 0.5) is 0 Å². The minimum Gasteiger partial charge on any atom is -0.508 e. The second kappa shape index (κ2) is 15.3. The smallest absolute Gasteiger partial charge is 0.119 e. The van der Waals surface area contributed by atoms with Gasteiger partial charge in [0.05, 0.1) is 0 Å². The van der Waals surface area contributed by atoms with E-state index in [4.69, 9.17) is 5.11 Å². The Kier molecular flexibility index (Phi) is 13.4. The summed E-state index contributed by atoms with van der Waals surface area (Å²) in [6, 6.07) is 5.90. The number of hydrogen-bond donors (Lipinski definition) is 2. The predicted octanol–water partition coefficient (Wildman–Crippen LogP) is 6.56. The molecule has 0 bridgehead atoms. The van der Waals surface area contributed by atoms with Gasteiger partial charge in [-0.05, 0) is 36.5 Å². The molecule has 0 radical (unpaired) electrons. The van der Waals surface area contributed by atoms with Crippen molar-refractivity contribution in [1.82, 2.24) is 0 Å². The van der Waals surface area contributed by atoms with Crippen LogP contribution in [0.25, 0.3) is 0 Å². The number of phenolic OH excluding ortho intramolecular Hbond substituents is 1. The van der Waals surface area contributed by atoms with Crippen LogP contribution in [-0.4, -0.2) is 16.8 Å². The zero-order valence-corrected chi connectivity index (χ0v) is 16.4. The topological polar surface area (TPSA) is 40.5 Å². The molecule has 2 nitrogen and oxygen atoms in total. The first kappa shape index (κ1) is 22.0. The number of aliphatic hydroxyl groups excluding tert-OH is 1. The summed E-state index contributed by atoms with van der Waals surface area (Å²) in [6.45, 7) is 2.37. The molecule has 25 heavy (non-hydrogen) atoms. The Hall–Kier alpha value is -1.02. The summed E-state index contributed by atoms with van der Waals surface area (Å²) in [6.07, 6.45) is 19.5. The van der Waals surface area contributed by atoms with Gasteiger partial charge in [0, 0.05) is 6.61 Å². The molecule has 1 aromatic rings. The number of aryl methyl sites for hydroxylation is 1. The van der Waals surface area contributed by atoms with E-state index in [9.17, 15) is 5.11 Å². The van der Waals surface area contributed by atoms with E-state index in [2.05, 4.69) is 13.0 Å². The van der Waals surface area contributed by atoms with Crippen LogP contribution in [0.3, 0.4) is 0 Å². The van der Waals surface area contributed by atoms with Gasteiger partial charge in [-0.25, -0.2) is 0 Å². The summed E-state index contributed by atoms with van der Waals surface area (Å²) in [5.41, 5.74) is 2.05. The van der Waals surface area contributed by atoms with Gasteiger partial charge in [0.1, 0.15) is 5.75 Å². The molecule has 0 aliphatic heterocycles. The molecule has 0 amide bonds. The summed E-state index contributed by atoms with van der Waals surface area (Å²) in [5, 5.41) is 18.9. The van der Waals surface area contributed by atoms with E-state index in [0.717, 1.165) is 12.0 Å². The van der Waals surface area contributed by atoms with Crippen molar-refractivity contribution in [2.24, 2.45) is 0 Å². The molecule has 1 rings (SSSR count). The molecule has 144 valence electrons. The molecule has 2 heteroatoms. The van der Waals surface area contributed by atoms with E-state index in [-0.39, 0.29) is 6.61 Å². The van der Waals surface area contributed by atoms with Crippen molar-refractivity contribution in [3.05, 3.63) is 29.3 Å². The number of rotatable bonds is 16. The minimum absolute atomic E-state index is 0.0891. The third-order valence-corrected chi connectivity index (χ3v) is 5.10. The third kappa shape index (κ3) is 11.3. The lowest BCUT2D eigenvalue weighted by molar-refractivity contribution is 0.297. The second-order valence-electron chi connectivity index (χ2n) is 7.43. The molecule has 1 aromatic carbocycles. The lowest BCUT2D eigenvalue weighted by atomic mass is 10.0. The molecule has 0 atom stereocenters. The van der Waals surface area contributed by atoms with Gasteiger partial charge < -0.3 is 10.2 Å². The molecule has 0 aromatic heterocycles. The fraction of sp³-hybridized carbons (Fsp3) is 0.739. The number of phenols is 1. The fourth-order valence-electron chi connectivity index (χ4n) is 3.44.